The summed E-state index contributed by atoms with van der Waals surface area (Å²) >= 11 is 0. The van der Waals surface area contributed by atoms with Crippen LogP contribution in [-0.4, -0.2) is 62.2 Å². The lowest BCUT2D eigenvalue weighted by Gasteiger charge is -2.32. The van der Waals surface area contributed by atoms with Crippen LogP contribution >= 0.6 is 0 Å². The van der Waals surface area contributed by atoms with Crippen molar-refractivity contribution in [2.45, 2.75) is 46.6 Å². The van der Waals surface area contributed by atoms with Gasteiger partial charge in [-0.1, -0.05) is 27.7 Å². The average molecular weight is 255 g/mol. The van der Waals surface area contributed by atoms with Crippen LogP contribution in [0, 0.1) is 5.41 Å². The normalized spacial score (nSPS) is 18.2. The Balaban J connectivity index is 2.18. The number of likely N-dealkylation sites (N-methyl/N-ethyl adjacent to an activating group) is 1. The fourth-order valence-corrected chi connectivity index (χ4v) is 2.66. The Kier molecular flexibility index (Phi) is 6.61. The highest BCUT2D eigenvalue weighted by molar-refractivity contribution is 4.77. The van der Waals surface area contributed by atoms with E-state index < -0.39 is 0 Å². The number of likely N-dealkylation sites (tertiary alicyclic amines) is 1. The third-order valence-electron chi connectivity index (χ3n) is 3.68. The van der Waals surface area contributed by atoms with Gasteiger partial charge in [-0.3, -0.25) is 0 Å². The van der Waals surface area contributed by atoms with Gasteiger partial charge in [-0.15, -0.1) is 0 Å². The van der Waals surface area contributed by atoms with E-state index in [0.29, 0.717) is 11.5 Å². The van der Waals surface area contributed by atoms with Crippen molar-refractivity contribution in [3.8, 4) is 0 Å². The van der Waals surface area contributed by atoms with Crippen LogP contribution in [0.3, 0.4) is 0 Å². The summed E-state index contributed by atoms with van der Waals surface area (Å²) in [5, 5.41) is 3.55. The molecule has 0 bridgehead atoms. The third kappa shape index (κ3) is 6.72. The van der Waals surface area contributed by atoms with E-state index >= 15 is 0 Å². The number of hydrogen-bond donors (Lipinski definition) is 1. The molecule has 0 saturated carbocycles. The van der Waals surface area contributed by atoms with Crippen molar-refractivity contribution in [1.29, 1.82) is 0 Å². The Morgan fingerprint density at radius 1 is 1.22 bits per heavy atom. The van der Waals surface area contributed by atoms with Gasteiger partial charge in [0.05, 0.1) is 0 Å². The number of hydrogen-bond acceptors (Lipinski definition) is 3. The summed E-state index contributed by atoms with van der Waals surface area (Å²) in [6.07, 6.45) is 2.79. The molecule has 0 atom stereocenters. The minimum Gasteiger partial charge on any atom is -0.314 e. The smallest absolute Gasteiger partial charge is 0.0109 e. The molecule has 0 aromatic carbocycles. The van der Waals surface area contributed by atoms with Crippen LogP contribution in [-0.2, 0) is 0 Å². The quantitative estimate of drug-likeness (QED) is 0.716. The molecule has 3 heteroatoms. The summed E-state index contributed by atoms with van der Waals surface area (Å²) in [4.78, 5) is 5.08. The van der Waals surface area contributed by atoms with Crippen LogP contribution in [0.5, 0.6) is 0 Å². The van der Waals surface area contributed by atoms with Crippen molar-refractivity contribution in [2.24, 2.45) is 5.41 Å². The molecule has 0 radical (unpaired) electrons. The van der Waals surface area contributed by atoms with Crippen molar-refractivity contribution in [3.05, 3.63) is 0 Å². The van der Waals surface area contributed by atoms with E-state index in [-0.39, 0.29) is 0 Å². The minimum atomic E-state index is 0.351. The molecule has 0 aromatic rings. The Hall–Kier alpha value is -0.120. The van der Waals surface area contributed by atoms with Gasteiger partial charge in [0.15, 0.2) is 0 Å². The van der Waals surface area contributed by atoms with E-state index in [1.807, 2.05) is 0 Å². The van der Waals surface area contributed by atoms with Gasteiger partial charge < -0.3 is 15.1 Å². The van der Waals surface area contributed by atoms with Gasteiger partial charge in [0.25, 0.3) is 0 Å². The molecule has 18 heavy (non-hydrogen) atoms. The monoisotopic (exact) mass is 255 g/mol. The van der Waals surface area contributed by atoms with Crippen molar-refractivity contribution in [2.75, 3.05) is 46.3 Å². The zero-order valence-electron chi connectivity index (χ0n) is 13.1. The van der Waals surface area contributed by atoms with Crippen LogP contribution in [0.4, 0.5) is 0 Å². The molecule has 0 aliphatic carbocycles. The first kappa shape index (κ1) is 15.9. The van der Waals surface area contributed by atoms with Crippen molar-refractivity contribution >= 4 is 0 Å². The molecule has 108 valence electrons. The summed E-state index contributed by atoms with van der Waals surface area (Å²) in [7, 11) is 2.26. The summed E-state index contributed by atoms with van der Waals surface area (Å²) in [6.45, 7) is 16.5. The Morgan fingerprint density at radius 3 is 2.39 bits per heavy atom. The molecule has 1 aliphatic rings. The summed E-state index contributed by atoms with van der Waals surface area (Å²) in [5.41, 5.74) is 0.351. The van der Waals surface area contributed by atoms with Crippen molar-refractivity contribution in [3.63, 3.8) is 0 Å². The fraction of sp³-hybridized carbons (Fsp3) is 1.00. The number of rotatable bonds is 8. The molecule has 0 unspecified atom stereocenters. The van der Waals surface area contributed by atoms with Crippen LogP contribution in [0.2, 0.25) is 0 Å². The molecule has 0 spiro atoms. The van der Waals surface area contributed by atoms with E-state index in [2.05, 4.69) is 49.9 Å². The Bertz CT molecular complexity index is 220. The fourth-order valence-electron chi connectivity index (χ4n) is 2.66. The standard InChI is InChI=1S/C15H33N3/c1-14(2)16-12-15(3,4)13-17(5)10-11-18-8-6-7-9-18/h14,16H,6-13H2,1-5H3. The van der Waals surface area contributed by atoms with Gasteiger partial charge in [-0.05, 0) is 38.4 Å². The highest BCUT2D eigenvalue weighted by Crippen LogP contribution is 2.15. The summed E-state index contributed by atoms with van der Waals surface area (Å²) in [6, 6.07) is 0.583. The zero-order chi connectivity index (χ0) is 13.6. The van der Waals surface area contributed by atoms with Gasteiger partial charge in [-0.2, -0.15) is 0 Å². The first-order valence-electron chi connectivity index (χ1n) is 7.53. The molecule has 0 aromatic heterocycles. The second-order valence-electron chi connectivity index (χ2n) is 6.99. The van der Waals surface area contributed by atoms with Gasteiger partial charge in [0, 0.05) is 32.2 Å². The zero-order valence-corrected chi connectivity index (χ0v) is 13.1. The Labute approximate surface area is 114 Å². The lowest BCUT2D eigenvalue weighted by Crippen LogP contribution is -2.42. The summed E-state index contributed by atoms with van der Waals surface area (Å²) in [5.74, 6) is 0. The first-order chi connectivity index (χ1) is 8.39. The van der Waals surface area contributed by atoms with Gasteiger partial charge in [0.1, 0.15) is 0 Å². The highest BCUT2D eigenvalue weighted by Gasteiger charge is 2.20. The van der Waals surface area contributed by atoms with Gasteiger partial charge >= 0.3 is 0 Å². The number of nitrogens with zero attached hydrogens (tertiary/aromatic N) is 2. The second kappa shape index (κ2) is 7.46. The molecule has 1 saturated heterocycles. The summed E-state index contributed by atoms with van der Waals surface area (Å²) < 4.78 is 0. The van der Waals surface area contributed by atoms with E-state index in [0.717, 1.165) is 6.54 Å². The van der Waals surface area contributed by atoms with Gasteiger partial charge in [0.2, 0.25) is 0 Å². The van der Waals surface area contributed by atoms with E-state index in [1.165, 1.54) is 45.6 Å². The third-order valence-corrected chi connectivity index (χ3v) is 3.68. The largest absolute Gasteiger partial charge is 0.314 e. The molecule has 1 heterocycles. The predicted molar refractivity (Wildman–Crippen MR) is 80.1 cm³/mol. The lowest BCUT2D eigenvalue weighted by atomic mass is 9.92. The topological polar surface area (TPSA) is 18.5 Å². The average Bonchev–Trinajstić information content (AvgIpc) is 2.76. The van der Waals surface area contributed by atoms with E-state index in [4.69, 9.17) is 0 Å². The van der Waals surface area contributed by atoms with E-state index in [9.17, 15) is 0 Å². The van der Waals surface area contributed by atoms with Crippen LogP contribution in [0.15, 0.2) is 0 Å². The minimum absolute atomic E-state index is 0.351. The van der Waals surface area contributed by atoms with Crippen molar-refractivity contribution in [1.82, 2.24) is 15.1 Å². The van der Waals surface area contributed by atoms with E-state index in [1.54, 1.807) is 0 Å². The maximum absolute atomic E-state index is 3.55. The maximum atomic E-state index is 3.55. The highest BCUT2D eigenvalue weighted by atomic mass is 15.2. The molecule has 1 aliphatic heterocycles. The molecule has 1 fully saturated rings. The molecular weight excluding hydrogens is 222 g/mol. The second-order valence-corrected chi connectivity index (χ2v) is 6.99. The molecule has 1 rings (SSSR count). The first-order valence-corrected chi connectivity index (χ1v) is 7.53. The lowest BCUT2D eigenvalue weighted by molar-refractivity contribution is 0.181. The molecular formula is C15H33N3. The maximum Gasteiger partial charge on any atom is 0.0109 e. The Morgan fingerprint density at radius 2 is 1.83 bits per heavy atom. The predicted octanol–water partition coefficient (Wildman–Crippen LogP) is 2.04. The molecule has 0 amide bonds. The van der Waals surface area contributed by atoms with Crippen molar-refractivity contribution < 1.29 is 0 Å². The van der Waals surface area contributed by atoms with Crippen LogP contribution < -0.4 is 5.32 Å². The molecule has 3 nitrogen and oxygen atoms in total. The molecule has 1 N–H and O–H groups in total. The number of nitrogens with one attached hydrogen (secondary N) is 1. The SMILES string of the molecule is CC(C)NCC(C)(C)CN(C)CCN1CCCC1. The van der Waals surface area contributed by atoms with Gasteiger partial charge in [-0.25, -0.2) is 0 Å². The van der Waals surface area contributed by atoms with Crippen LogP contribution in [0.1, 0.15) is 40.5 Å². The van der Waals surface area contributed by atoms with Crippen LogP contribution in [0.25, 0.3) is 0 Å².